The molecule has 2 unspecified atom stereocenters. The molecule has 1 amide bonds. The summed E-state index contributed by atoms with van der Waals surface area (Å²) in [5.41, 5.74) is 0.495. The van der Waals surface area contributed by atoms with Crippen molar-refractivity contribution < 1.29 is 17.6 Å². The Hall–Kier alpha value is -0.810. The normalized spacial score (nSPS) is 24.8. The van der Waals surface area contributed by atoms with Crippen LogP contribution in [0, 0.1) is 0 Å². The van der Waals surface area contributed by atoms with Gasteiger partial charge in [0.2, 0.25) is 0 Å². The van der Waals surface area contributed by atoms with Gasteiger partial charge in [0.25, 0.3) is 12.1 Å². The van der Waals surface area contributed by atoms with E-state index in [9.17, 15) is 13.6 Å². The Kier molecular flexibility index (Phi) is 3.89. The van der Waals surface area contributed by atoms with Crippen molar-refractivity contribution in [1.82, 2.24) is 0 Å². The molecular formula is C7H8N4O3S3. The molecule has 1 aromatic rings. The smallest absolute Gasteiger partial charge is 0.342 e. The Balaban J connectivity index is 2.21. The molecule has 7 nitrogen and oxygen atoms in total. The number of anilines is 1. The van der Waals surface area contributed by atoms with Crippen LogP contribution < -0.4 is 3.71 Å². The minimum Gasteiger partial charge on any atom is -0.754 e. The number of quaternary nitrogens is 1. The second-order valence-electron chi connectivity index (χ2n) is 3.08. The molecule has 1 aliphatic rings. The van der Waals surface area contributed by atoms with Crippen LogP contribution in [-0.2, 0) is 16.1 Å². The highest BCUT2D eigenvalue weighted by atomic mass is 32.3. The number of hydrogen-bond acceptors (Lipinski definition) is 7. The van der Waals surface area contributed by atoms with Gasteiger partial charge in [-0.05, 0) is 15.4 Å². The van der Waals surface area contributed by atoms with E-state index >= 15 is 0 Å². The van der Waals surface area contributed by atoms with Crippen molar-refractivity contribution >= 4 is 46.8 Å². The molecule has 0 saturated carbocycles. The summed E-state index contributed by atoms with van der Waals surface area (Å²) < 4.78 is 22.9. The lowest BCUT2D eigenvalue weighted by Gasteiger charge is -2.25. The molecule has 0 aromatic carbocycles. The Morgan fingerprint density at radius 3 is 3.00 bits per heavy atom. The average molecular weight is 292 g/mol. The van der Waals surface area contributed by atoms with Gasteiger partial charge in [-0.2, -0.15) is 15.0 Å². The predicted octanol–water partition coefficient (Wildman–Crippen LogP) is 1.27. The predicted molar refractivity (Wildman–Crippen MR) is 64.2 cm³/mol. The third kappa shape index (κ3) is 2.72. The van der Waals surface area contributed by atoms with Gasteiger partial charge in [-0.15, -0.1) is 5.11 Å². The molecule has 0 spiro atoms. The molecule has 2 heterocycles. The zero-order chi connectivity index (χ0) is 12.3. The third-order valence-electron chi connectivity index (χ3n) is 1.97. The first-order valence-corrected chi connectivity index (χ1v) is 7.22. The van der Waals surface area contributed by atoms with Crippen LogP contribution in [0.5, 0.6) is 0 Å². The third-order valence-corrected chi connectivity index (χ3v) is 4.67. The molecule has 2 rings (SSSR count). The van der Waals surface area contributed by atoms with Crippen LogP contribution in [0.2, 0.25) is 0 Å². The van der Waals surface area contributed by atoms with Crippen LogP contribution in [0.25, 0.3) is 0 Å². The van der Waals surface area contributed by atoms with E-state index in [-0.39, 0.29) is 0 Å². The van der Waals surface area contributed by atoms with Crippen molar-refractivity contribution in [3.8, 4) is 0 Å². The molecule has 1 aliphatic heterocycles. The van der Waals surface area contributed by atoms with Gasteiger partial charge in [0, 0.05) is 10.6 Å². The van der Waals surface area contributed by atoms with Crippen molar-refractivity contribution in [2.24, 2.45) is 10.3 Å². The van der Waals surface area contributed by atoms with E-state index in [1.807, 2.05) is 0 Å². The zero-order valence-electron chi connectivity index (χ0n) is 8.46. The van der Waals surface area contributed by atoms with E-state index in [2.05, 4.69) is 10.3 Å². The number of carbonyl (C=O) groups is 1. The molecule has 0 aliphatic carbocycles. The van der Waals surface area contributed by atoms with Crippen molar-refractivity contribution in [2.75, 3.05) is 16.8 Å². The maximum atomic E-state index is 11.2. The number of nitrogens with zero attached hydrogens (tertiary/aromatic N) is 4. The maximum Gasteiger partial charge on any atom is 0.342 e. The Bertz CT molecular complexity index is 451. The highest BCUT2D eigenvalue weighted by molar-refractivity contribution is 8.07. The topological polar surface area (TPSA) is 85.2 Å². The lowest BCUT2D eigenvalue weighted by molar-refractivity contribution is -0.705. The fraction of sp³-hybridized carbons (Fsp3) is 0.286. The van der Waals surface area contributed by atoms with Crippen LogP contribution in [-0.4, -0.2) is 32.3 Å². The Morgan fingerprint density at radius 1 is 1.71 bits per heavy atom. The highest BCUT2D eigenvalue weighted by Gasteiger charge is 2.38. The number of hydrogen-bond donors (Lipinski definition) is 0. The van der Waals surface area contributed by atoms with Crippen molar-refractivity contribution in [3.63, 3.8) is 0 Å². The molecule has 0 fully saturated rings. The highest BCUT2D eigenvalue weighted by Crippen LogP contribution is 2.34. The van der Waals surface area contributed by atoms with Gasteiger partial charge in [0.1, 0.15) is 13.1 Å². The quantitative estimate of drug-likeness (QED) is 0.354. The maximum absolute atomic E-state index is 11.2. The average Bonchev–Trinajstić information content (AvgIpc) is 2.98. The molecule has 10 heteroatoms. The molecule has 17 heavy (non-hydrogen) atoms. The van der Waals surface area contributed by atoms with Crippen LogP contribution in [0.3, 0.4) is 0 Å². The van der Waals surface area contributed by atoms with Crippen molar-refractivity contribution in [3.05, 3.63) is 16.8 Å². The molecule has 2 atom stereocenters. The fourth-order valence-electron chi connectivity index (χ4n) is 1.18. The number of carbonyl (C=O) groups excluding carboxylic acids is 1. The molecule has 1 aromatic heterocycles. The Morgan fingerprint density at radius 2 is 2.53 bits per heavy atom. The summed E-state index contributed by atoms with van der Waals surface area (Å²) in [5.74, 6) is 0. The van der Waals surface area contributed by atoms with E-state index in [0.29, 0.717) is 25.2 Å². The monoisotopic (exact) mass is 292 g/mol. The molecular weight excluding hydrogens is 284 g/mol. The molecule has 0 bridgehead atoms. The lowest BCUT2D eigenvalue weighted by atomic mass is 10.6. The van der Waals surface area contributed by atoms with Gasteiger partial charge in [-0.3, -0.25) is 4.21 Å². The summed E-state index contributed by atoms with van der Waals surface area (Å²) >= 11 is -0.305. The molecule has 0 radical (unpaired) electrons. The number of amides is 1. The minimum absolute atomic E-state index is 0.353. The summed E-state index contributed by atoms with van der Waals surface area (Å²) in [6.07, 6.45) is 0.577. The van der Waals surface area contributed by atoms with Gasteiger partial charge < -0.3 is 4.55 Å². The first-order chi connectivity index (χ1) is 8.17. The van der Waals surface area contributed by atoms with E-state index in [0.717, 1.165) is 15.8 Å². The summed E-state index contributed by atoms with van der Waals surface area (Å²) in [7, 11) is 0. The lowest BCUT2D eigenvalue weighted by Crippen LogP contribution is -2.38. The van der Waals surface area contributed by atoms with Crippen molar-refractivity contribution in [1.29, 1.82) is 0 Å². The SMILES string of the molecule is O=C[N+]1(SN(c2ccsc2)S(=O)[O-])CCN=N1. The minimum atomic E-state index is -2.48. The van der Waals surface area contributed by atoms with Crippen LogP contribution in [0.4, 0.5) is 5.69 Å². The first kappa shape index (κ1) is 12.6. The van der Waals surface area contributed by atoms with Crippen LogP contribution >= 0.6 is 23.5 Å². The number of thiophene rings is 1. The molecule has 0 saturated heterocycles. The van der Waals surface area contributed by atoms with Gasteiger partial charge >= 0.3 is 6.41 Å². The number of rotatable bonds is 5. The van der Waals surface area contributed by atoms with E-state index < -0.39 is 15.3 Å². The second-order valence-corrected chi connectivity index (χ2v) is 6.05. The van der Waals surface area contributed by atoms with Gasteiger partial charge in [0.05, 0.1) is 17.0 Å². The van der Waals surface area contributed by atoms with E-state index in [1.54, 1.807) is 16.8 Å². The summed E-state index contributed by atoms with van der Waals surface area (Å²) in [5, 5.41) is 10.9. The van der Waals surface area contributed by atoms with Crippen LogP contribution in [0.1, 0.15) is 0 Å². The van der Waals surface area contributed by atoms with E-state index in [4.69, 9.17) is 0 Å². The summed E-state index contributed by atoms with van der Waals surface area (Å²) in [6.45, 7) is 0.765. The zero-order valence-corrected chi connectivity index (χ0v) is 10.9. The van der Waals surface area contributed by atoms with Gasteiger partial charge in [-0.25, -0.2) is 4.79 Å². The van der Waals surface area contributed by atoms with Gasteiger partial charge in [-0.1, -0.05) is 0 Å². The van der Waals surface area contributed by atoms with Crippen molar-refractivity contribution in [2.45, 2.75) is 0 Å². The summed E-state index contributed by atoms with van der Waals surface area (Å²) in [4.78, 5) is 11.0. The van der Waals surface area contributed by atoms with E-state index in [1.165, 1.54) is 11.3 Å². The second kappa shape index (κ2) is 5.23. The van der Waals surface area contributed by atoms with Gasteiger partial charge in [0.15, 0.2) is 0 Å². The standard InChI is InChI=1S/C7H8N4O3S3/c12-6-11(3-2-8-9-11)16-10(17(13)14)7-1-4-15-5-7/h1,4-6H,2-3H2. The largest absolute Gasteiger partial charge is 0.754 e. The first-order valence-electron chi connectivity index (χ1n) is 4.51. The molecule has 92 valence electrons. The summed E-state index contributed by atoms with van der Waals surface area (Å²) in [6, 6.07) is 1.65. The molecule has 0 N–H and O–H groups in total. The Labute approximate surface area is 108 Å². The fourth-order valence-corrected chi connectivity index (χ4v) is 3.54. The van der Waals surface area contributed by atoms with Crippen LogP contribution in [0.15, 0.2) is 27.2 Å².